The van der Waals surface area contributed by atoms with Crippen LogP contribution < -0.4 is 10.9 Å². The van der Waals surface area contributed by atoms with Crippen molar-refractivity contribution in [3.8, 4) is 0 Å². The first kappa shape index (κ1) is 18.7. The maximum Gasteiger partial charge on any atom is 0.289 e. The maximum absolute atomic E-state index is 12.2. The van der Waals surface area contributed by atoms with Gasteiger partial charge in [0.15, 0.2) is 0 Å². The molecular weight excluding hydrogens is 354 g/mol. The average molecular weight is 371 g/mol. The predicted molar refractivity (Wildman–Crippen MR) is 107 cm³/mol. The Labute approximate surface area is 161 Å². The molecule has 7 nitrogen and oxygen atoms in total. The zero-order chi connectivity index (χ0) is 19.6. The Morgan fingerprint density at radius 3 is 1.50 bits per heavy atom. The Morgan fingerprint density at radius 2 is 1.07 bits per heavy atom. The van der Waals surface area contributed by atoms with Crippen molar-refractivity contribution in [2.75, 3.05) is 0 Å². The lowest BCUT2D eigenvalue weighted by molar-refractivity contribution is 0.0946. The van der Waals surface area contributed by atoms with Gasteiger partial charge < -0.3 is 0 Å². The van der Waals surface area contributed by atoms with Gasteiger partial charge >= 0.3 is 0 Å². The van der Waals surface area contributed by atoms with Crippen LogP contribution in [0.4, 0.5) is 0 Å². The van der Waals surface area contributed by atoms with E-state index in [1.165, 1.54) is 24.6 Å². The molecule has 2 amide bonds. The lowest BCUT2D eigenvalue weighted by atomic mass is 10.2. The van der Waals surface area contributed by atoms with Crippen LogP contribution in [0.2, 0.25) is 0 Å². The molecule has 7 heteroatoms. The number of carbonyl (C=O) groups excluding carboxylic acids is 2. The SMILES string of the molecule is O=C(NN=Cc1ccccc1)c1cccc(C(=O)NN=Cc2ccccc2)n1. The largest absolute Gasteiger partial charge is 0.289 e. The van der Waals surface area contributed by atoms with Gasteiger partial charge in [-0.3, -0.25) is 9.59 Å². The van der Waals surface area contributed by atoms with E-state index in [9.17, 15) is 9.59 Å². The molecule has 0 aliphatic heterocycles. The Morgan fingerprint density at radius 1 is 0.643 bits per heavy atom. The fourth-order valence-electron chi connectivity index (χ4n) is 2.21. The zero-order valence-electron chi connectivity index (χ0n) is 14.8. The second-order valence-corrected chi connectivity index (χ2v) is 5.63. The highest BCUT2D eigenvalue weighted by Gasteiger charge is 2.11. The summed E-state index contributed by atoms with van der Waals surface area (Å²) in [7, 11) is 0. The van der Waals surface area contributed by atoms with E-state index < -0.39 is 11.8 Å². The number of pyridine rings is 1. The highest BCUT2D eigenvalue weighted by molar-refractivity contribution is 5.97. The first-order valence-corrected chi connectivity index (χ1v) is 8.46. The maximum atomic E-state index is 12.2. The Kier molecular flexibility index (Phi) is 6.35. The van der Waals surface area contributed by atoms with Crippen molar-refractivity contribution in [2.45, 2.75) is 0 Å². The summed E-state index contributed by atoms with van der Waals surface area (Å²) in [6, 6.07) is 23.2. The van der Waals surface area contributed by atoms with E-state index in [-0.39, 0.29) is 11.4 Å². The molecule has 0 radical (unpaired) electrons. The van der Waals surface area contributed by atoms with Gasteiger partial charge in [0.2, 0.25) is 0 Å². The molecule has 138 valence electrons. The number of aromatic nitrogens is 1. The molecule has 3 rings (SSSR count). The molecule has 1 heterocycles. The van der Waals surface area contributed by atoms with E-state index in [0.717, 1.165) is 11.1 Å². The molecular formula is C21H17N5O2. The topological polar surface area (TPSA) is 95.8 Å². The molecule has 0 aliphatic carbocycles. The molecule has 0 unspecified atom stereocenters. The predicted octanol–water partition coefficient (Wildman–Crippen LogP) is 2.61. The molecule has 0 fully saturated rings. The Bertz CT molecular complexity index is 923. The minimum atomic E-state index is -0.519. The molecule has 2 N–H and O–H groups in total. The van der Waals surface area contributed by atoms with Gasteiger partial charge in [0.1, 0.15) is 11.4 Å². The third-order valence-electron chi connectivity index (χ3n) is 3.57. The summed E-state index contributed by atoms with van der Waals surface area (Å²) < 4.78 is 0. The van der Waals surface area contributed by atoms with Crippen LogP contribution in [0, 0.1) is 0 Å². The summed E-state index contributed by atoms with van der Waals surface area (Å²) >= 11 is 0. The molecule has 28 heavy (non-hydrogen) atoms. The first-order valence-electron chi connectivity index (χ1n) is 8.46. The fraction of sp³-hybridized carbons (Fsp3) is 0. The van der Waals surface area contributed by atoms with Gasteiger partial charge in [0, 0.05) is 0 Å². The van der Waals surface area contributed by atoms with Gasteiger partial charge in [-0.15, -0.1) is 0 Å². The molecule has 0 bridgehead atoms. The molecule has 3 aromatic rings. The molecule has 0 saturated heterocycles. The van der Waals surface area contributed by atoms with Gasteiger partial charge in [-0.25, -0.2) is 15.8 Å². The van der Waals surface area contributed by atoms with Crippen LogP contribution in [0.25, 0.3) is 0 Å². The highest BCUT2D eigenvalue weighted by atomic mass is 16.2. The van der Waals surface area contributed by atoms with Gasteiger partial charge in [-0.05, 0) is 23.3 Å². The smallest absolute Gasteiger partial charge is 0.266 e. The van der Waals surface area contributed by atoms with Crippen LogP contribution in [0.1, 0.15) is 32.1 Å². The van der Waals surface area contributed by atoms with Crippen molar-refractivity contribution in [2.24, 2.45) is 10.2 Å². The number of benzene rings is 2. The molecule has 0 atom stereocenters. The van der Waals surface area contributed by atoms with Crippen molar-refractivity contribution in [3.05, 3.63) is 101 Å². The number of carbonyl (C=O) groups is 2. The molecule has 0 spiro atoms. The summed E-state index contributed by atoms with van der Waals surface area (Å²) in [4.78, 5) is 28.4. The van der Waals surface area contributed by atoms with E-state index in [4.69, 9.17) is 0 Å². The van der Waals surface area contributed by atoms with Crippen LogP contribution >= 0.6 is 0 Å². The minimum Gasteiger partial charge on any atom is -0.266 e. The van der Waals surface area contributed by atoms with Crippen molar-refractivity contribution < 1.29 is 9.59 Å². The van der Waals surface area contributed by atoms with Crippen LogP contribution in [0.5, 0.6) is 0 Å². The van der Waals surface area contributed by atoms with E-state index in [1.807, 2.05) is 60.7 Å². The quantitative estimate of drug-likeness (QED) is 0.515. The van der Waals surface area contributed by atoms with Gasteiger partial charge in [-0.1, -0.05) is 66.7 Å². The highest BCUT2D eigenvalue weighted by Crippen LogP contribution is 2.01. The van der Waals surface area contributed by atoms with Crippen LogP contribution in [-0.2, 0) is 0 Å². The molecule has 2 aromatic carbocycles. The van der Waals surface area contributed by atoms with Crippen molar-refractivity contribution in [3.63, 3.8) is 0 Å². The van der Waals surface area contributed by atoms with Crippen molar-refractivity contribution in [1.82, 2.24) is 15.8 Å². The second kappa shape index (κ2) is 9.54. The van der Waals surface area contributed by atoms with E-state index in [0.29, 0.717) is 0 Å². The number of hydrogen-bond donors (Lipinski definition) is 2. The molecule has 0 aliphatic rings. The average Bonchev–Trinajstić information content (AvgIpc) is 2.75. The summed E-state index contributed by atoms with van der Waals surface area (Å²) in [5.41, 5.74) is 6.61. The monoisotopic (exact) mass is 371 g/mol. The van der Waals surface area contributed by atoms with Gasteiger partial charge in [-0.2, -0.15) is 10.2 Å². The van der Waals surface area contributed by atoms with Gasteiger partial charge in [0.05, 0.1) is 12.4 Å². The number of rotatable bonds is 6. The first-order chi connectivity index (χ1) is 13.7. The number of hydrogen-bond acceptors (Lipinski definition) is 5. The number of nitrogens with zero attached hydrogens (tertiary/aromatic N) is 3. The van der Waals surface area contributed by atoms with Crippen LogP contribution in [0.3, 0.4) is 0 Å². The van der Waals surface area contributed by atoms with Crippen molar-refractivity contribution in [1.29, 1.82) is 0 Å². The lowest BCUT2D eigenvalue weighted by Crippen LogP contribution is -2.23. The van der Waals surface area contributed by atoms with Crippen molar-refractivity contribution >= 4 is 24.2 Å². The third-order valence-corrected chi connectivity index (χ3v) is 3.57. The zero-order valence-corrected chi connectivity index (χ0v) is 14.8. The standard InChI is InChI=1S/C21H17N5O2/c27-20(25-22-14-16-8-3-1-4-9-16)18-12-7-13-19(24-18)21(28)26-23-15-17-10-5-2-6-11-17/h1-15H,(H,25,27)(H,26,28). The third kappa shape index (κ3) is 5.43. The molecule has 0 saturated carbocycles. The fourth-order valence-corrected chi connectivity index (χ4v) is 2.21. The van der Waals surface area contributed by atoms with Gasteiger partial charge in [0.25, 0.3) is 11.8 Å². The second-order valence-electron chi connectivity index (χ2n) is 5.63. The van der Waals surface area contributed by atoms with E-state index >= 15 is 0 Å². The van der Waals surface area contributed by atoms with Crippen LogP contribution in [-0.4, -0.2) is 29.2 Å². The Hall–Kier alpha value is -4.13. The molecule has 1 aromatic heterocycles. The minimum absolute atomic E-state index is 0.0740. The summed E-state index contributed by atoms with van der Waals surface area (Å²) in [5, 5.41) is 7.77. The number of hydrazone groups is 2. The Balaban J connectivity index is 1.59. The number of amides is 2. The van der Waals surface area contributed by atoms with E-state index in [1.54, 1.807) is 6.07 Å². The van der Waals surface area contributed by atoms with Crippen LogP contribution in [0.15, 0.2) is 89.1 Å². The summed E-state index contributed by atoms with van der Waals surface area (Å²) in [6.07, 6.45) is 3.04. The number of nitrogens with one attached hydrogen (secondary N) is 2. The summed E-state index contributed by atoms with van der Waals surface area (Å²) in [5.74, 6) is -1.04. The lowest BCUT2D eigenvalue weighted by Gasteiger charge is -2.02. The summed E-state index contributed by atoms with van der Waals surface area (Å²) in [6.45, 7) is 0. The normalized spacial score (nSPS) is 10.9. The van der Waals surface area contributed by atoms with E-state index in [2.05, 4.69) is 26.0 Å².